The Balaban J connectivity index is 0.00000192. The number of fused-ring (bicyclic) bond motifs is 2. The molecule has 0 atom stereocenters. The van der Waals surface area contributed by atoms with Crippen LogP contribution in [0.5, 0.6) is 0 Å². The maximum absolute atomic E-state index is 14.9. The molecule has 3 aromatic heterocycles. The van der Waals surface area contributed by atoms with Gasteiger partial charge in [-0.05, 0) is 36.8 Å². The standard InChI is InChI=1S/C20H12FN3O2S.ClH/c1-10-14-6-17(21)16(7-19(14)26-24-10)20-15(5-13(9-25)27-20)11-2-3-12-8-22-23-18(12)4-11;/h2-9H,1H3,(H,22,23);1H. The Morgan fingerprint density at radius 3 is 2.86 bits per heavy atom. The van der Waals surface area contributed by atoms with Crippen molar-refractivity contribution in [3.8, 4) is 21.6 Å². The maximum atomic E-state index is 14.9. The van der Waals surface area contributed by atoms with E-state index in [1.807, 2.05) is 18.2 Å². The molecule has 3 heterocycles. The molecule has 28 heavy (non-hydrogen) atoms. The van der Waals surface area contributed by atoms with Crippen LogP contribution in [0.25, 0.3) is 43.4 Å². The summed E-state index contributed by atoms with van der Waals surface area (Å²) in [4.78, 5) is 12.6. The van der Waals surface area contributed by atoms with E-state index in [4.69, 9.17) is 4.52 Å². The third-order valence-corrected chi connectivity index (χ3v) is 5.70. The van der Waals surface area contributed by atoms with E-state index in [-0.39, 0.29) is 18.2 Å². The Morgan fingerprint density at radius 1 is 1.18 bits per heavy atom. The van der Waals surface area contributed by atoms with E-state index in [1.54, 1.807) is 25.3 Å². The number of nitrogens with one attached hydrogen (secondary N) is 1. The average Bonchev–Trinajstić information content (AvgIpc) is 3.39. The van der Waals surface area contributed by atoms with Crippen molar-refractivity contribution in [2.45, 2.75) is 6.92 Å². The number of benzene rings is 2. The quantitative estimate of drug-likeness (QED) is 0.380. The molecule has 8 heteroatoms. The summed E-state index contributed by atoms with van der Waals surface area (Å²) in [5, 5.41) is 12.5. The second-order valence-corrected chi connectivity index (χ2v) is 7.36. The molecule has 5 aromatic rings. The molecule has 0 aliphatic rings. The number of hydrogen-bond donors (Lipinski definition) is 1. The van der Waals surface area contributed by atoms with Gasteiger partial charge < -0.3 is 4.52 Å². The van der Waals surface area contributed by atoms with Gasteiger partial charge in [-0.1, -0.05) is 17.3 Å². The zero-order valence-corrected chi connectivity index (χ0v) is 16.2. The third-order valence-electron chi connectivity index (χ3n) is 4.60. The molecule has 0 aliphatic carbocycles. The van der Waals surface area contributed by atoms with Gasteiger partial charge in [-0.15, -0.1) is 23.7 Å². The fourth-order valence-corrected chi connectivity index (χ4v) is 4.25. The van der Waals surface area contributed by atoms with Crippen molar-refractivity contribution in [3.63, 3.8) is 0 Å². The fraction of sp³-hybridized carbons (Fsp3) is 0.0500. The third kappa shape index (κ3) is 2.80. The first-order valence-electron chi connectivity index (χ1n) is 8.22. The number of H-pyrrole nitrogens is 1. The van der Waals surface area contributed by atoms with Crippen LogP contribution in [0.4, 0.5) is 4.39 Å². The van der Waals surface area contributed by atoms with E-state index in [0.29, 0.717) is 32.0 Å². The van der Waals surface area contributed by atoms with Crippen molar-refractivity contribution in [2.75, 3.05) is 0 Å². The van der Waals surface area contributed by atoms with Crippen LogP contribution >= 0.6 is 23.7 Å². The van der Waals surface area contributed by atoms with Gasteiger partial charge >= 0.3 is 0 Å². The Bertz CT molecular complexity index is 1340. The lowest BCUT2D eigenvalue weighted by Crippen LogP contribution is -1.85. The van der Waals surface area contributed by atoms with Gasteiger partial charge in [0.15, 0.2) is 11.9 Å². The lowest BCUT2D eigenvalue weighted by molar-refractivity contribution is 0.112. The van der Waals surface area contributed by atoms with Crippen LogP contribution in [0, 0.1) is 12.7 Å². The Morgan fingerprint density at radius 2 is 2.04 bits per heavy atom. The number of carbonyl (C=O) groups is 1. The smallest absolute Gasteiger partial charge is 0.167 e. The van der Waals surface area contributed by atoms with Gasteiger partial charge in [0.05, 0.1) is 22.3 Å². The molecular weight excluding hydrogens is 401 g/mol. The first kappa shape index (κ1) is 18.3. The maximum Gasteiger partial charge on any atom is 0.167 e. The summed E-state index contributed by atoms with van der Waals surface area (Å²) in [5.41, 5.74) is 4.07. The summed E-state index contributed by atoms with van der Waals surface area (Å²) >= 11 is 1.25. The fourth-order valence-electron chi connectivity index (χ4n) is 3.24. The van der Waals surface area contributed by atoms with Crippen LogP contribution in [-0.2, 0) is 0 Å². The van der Waals surface area contributed by atoms with E-state index in [0.717, 1.165) is 28.3 Å². The van der Waals surface area contributed by atoms with E-state index in [1.165, 1.54) is 17.4 Å². The molecule has 2 aromatic carbocycles. The highest BCUT2D eigenvalue weighted by Gasteiger charge is 2.19. The van der Waals surface area contributed by atoms with Crippen LogP contribution in [-0.4, -0.2) is 21.6 Å². The number of aromatic nitrogens is 3. The molecular formula is C20H13ClFN3O2S. The molecule has 1 N–H and O–H groups in total. The Labute approximate surface area is 168 Å². The van der Waals surface area contributed by atoms with Gasteiger partial charge in [-0.2, -0.15) is 5.10 Å². The largest absolute Gasteiger partial charge is 0.356 e. The number of thiophene rings is 1. The van der Waals surface area contributed by atoms with E-state index >= 15 is 0 Å². The van der Waals surface area contributed by atoms with Crippen LogP contribution in [0.15, 0.2) is 47.1 Å². The van der Waals surface area contributed by atoms with Gasteiger partial charge in [0.2, 0.25) is 0 Å². The van der Waals surface area contributed by atoms with Crippen molar-refractivity contribution in [1.82, 2.24) is 15.4 Å². The SMILES string of the molecule is Cc1noc2cc(-c3sc(C=O)cc3-c3ccc4cn[nH]c4c3)c(F)cc12.Cl. The lowest BCUT2D eigenvalue weighted by Gasteiger charge is -2.06. The summed E-state index contributed by atoms with van der Waals surface area (Å²) in [5.74, 6) is -0.378. The number of aryl methyl sites for hydroxylation is 1. The van der Waals surface area contributed by atoms with Crippen molar-refractivity contribution >= 4 is 51.9 Å². The molecule has 140 valence electrons. The van der Waals surface area contributed by atoms with E-state index in [2.05, 4.69) is 15.4 Å². The lowest BCUT2D eigenvalue weighted by atomic mass is 10.0. The zero-order valence-electron chi connectivity index (χ0n) is 14.5. The molecule has 0 aliphatic heterocycles. The van der Waals surface area contributed by atoms with Gasteiger partial charge in [-0.25, -0.2) is 4.39 Å². The van der Waals surface area contributed by atoms with Gasteiger partial charge in [-0.3, -0.25) is 9.89 Å². The van der Waals surface area contributed by atoms with E-state index < -0.39 is 0 Å². The minimum Gasteiger partial charge on any atom is -0.356 e. The predicted molar refractivity (Wildman–Crippen MR) is 110 cm³/mol. The number of hydrogen-bond acceptors (Lipinski definition) is 5. The number of carbonyl (C=O) groups excluding carboxylic acids is 1. The molecule has 0 saturated carbocycles. The summed E-state index contributed by atoms with van der Waals surface area (Å²) in [6.07, 6.45) is 2.52. The molecule has 0 unspecified atom stereocenters. The van der Waals surface area contributed by atoms with Crippen LogP contribution < -0.4 is 0 Å². The average molecular weight is 414 g/mol. The van der Waals surface area contributed by atoms with Crippen LogP contribution in [0.3, 0.4) is 0 Å². The summed E-state index contributed by atoms with van der Waals surface area (Å²) in [7, 11) is 0. The number of rotatable bonds is 3. The van der Waals surface area contributed by atoms with Crippen molar-refractivity contribution in [3.05, 3.63) is 59.0 Å². The normalized spacial score (nSPS) is 11.1. The second kappa shape index (κ2) is 6.85. The summed E-state index contributed by atoms with van der Waals surface area (Å²) in [6, 6.07) is 10.7. The predicted octanol–water partition coefficient (Wildman–Crippen LogP) is 5.78. The van der Waals surface area contributed by atoms with Crippen molar-refractivity contribution in [1.29, 1.82) is 0 Å². The Kier molecular flexibility index (Phi) is 4.49. The zero-order chi connectivity index (χ0) is 18.5. The number of aromatic amines is 1. The first-order valence-corrected chi connectivity index (χ1v) is 9.04. The number of halogens is 2. The van der Waals surface area contributed by atoms with Crippen LogP contribution in [0.1, 0.15) is 15.4 Å². The summed E-state index contributed by atoms with van der Waals surface area (Å²) < 4.78 is 20.2. The van der Waals surface area contributed by atoms with Crippen molar-refractivity contribution in [2.24, 2.45) is 0 Å². The minimum absolute atomic E-state index is 0. The second-order valence-electron chi connectivity index (χ2n) is 6.28. The highest BCUT2D eigenvalue weighted by molar-refractivity contribution is 7.17. The van der Waals surface area contributed by atoms with E-state index in [9.17, 15) is 9.18 Å². The van der Waals surface area contributed by atoms with Gasteiger partial charge in [0.25, 0.3) is 0 Å². The van der Waals surface area contributed by atoms with Crippen molar-refractivity contribution < 1.29 is 13.7 Å². The topological polar surface area (TPSA) is 71.8 Å². The molecule has 5 rings (SSSR count). The molecule has 0 fully saturated rings. The molecule has 0 saturated heterocycles. The molecule has 0 spiro atoms. The minimum atomic E-state index is -0.378. The number of nitrogens with zero attached hydrogens (tertiary/aromatic N) is 2. The monoisotopic (exact) mass is 413 g/mol. The highest BCUT2D eigenvalue weighted by Crippen LogP contribution is 2.42. The Hall–Kier alpha value is -3.03. The molecule has 0 radical (unpaired) electrons. The molecule has 5 nitrogen and oxygen atoms in total. The molecule has 0 bridgehead atoms. The highest BCUT2D eigenvalue weighted by atomic mass is 35.5. The molecule has 0 amide bonds. The first-order chi connectivity index (χ1) is 13.1. The van der Waals surface area contributed by atoms with Crippen LogP contribution in [0.2, 0.25) is 0 Å². The number of aldehydes is 1. The summed E-state index contributed by atoms with van der Waals surface area (Å²) in [6.45, 7) is 1.77. The van der Waals surface area contributed by atoms with Gasteiger partial charge in [0.1, 0.15) is 5.82 Å². The van der Waals surface area contributed by atoms with Gasteiger partial charge in [0, 0.05) is 26.8 Å².